The highest BCUT2D eigenvalue weighted by Crippen LogP contribution is 2.11. The second-order valence-corrected chi connectivity index (χ2v) is 5.91. The molecule has 0 unspecified atom stereocenters. The molecule has 3 nitrogen and oxygen atoms in total. The van der Waals surface area contributed by atoms with E-state index in [0.717, 1.165) is 19.5 Å². The van der Waals surface area contributed by atoms with Crippen molar-refractivity contribution in [3.8, 4) is 0 Å². The average Bonchev–Trinajstić information content (AvgIpc) is 3.02. The van der Waals surface area contributed by atoms with Gasteiger partial charge < -0.3 is 11.1 Å². The zero-order chi connectivity index (χ0) is 15.2. The molecule has 0 radical (unpaired) electrons. The predicted octanol–water partition coefficient (Wildman–Crippen LogP) is 3.70. The van der Waals surface area contributed by atoms with Gasteiger partial charge in [0.25, 0.3) is 0 Å². The van der Waals surface area contributed by atoms with Crippen molar-refractivity contribution in [2.75, 3.05) is 13.1 Å². The minimum atomic E-state index is -0.0377. The van der Waals surface area contributed by atoms with Gasteiger partial charge in [0.05, 0.1) is 5.92 Å². The number of carbonyl (C=O) groups excluding carboxylic acids is 1. The van der Waals surface area contributed by atoms with Crippen molar-refractivity contribution in [2.45, 2.75) is 64.2 Å². The topological polar surface area (TPSA) is 55.1 Å². The fourth-order valence-corrected chi connectivity index (χ4v) is 2.62. The Morgan fingerprint density at radius 2 is 1.29 bits per heavy atom. The molecule has 0 saturated carbocycles. The highest BCUT2D eigenvalue weighted by Gasteiger charge is 2.12. The molecule has 1 aliphatic rings. The lowest BCUT2D eigenvalue weighted by atomic mass is 10.1. The number of hydrogen-bond acceptors (Lipinski definition) is 2. The highest BCUT2D eigenvalue weighted by molar-refractivity contribution is 5.83. The van der Waals surface area contributed by atoms with Crippen LogP contribution in [0.5, 0.6) is 0 Å². The second kappa shape index (κ2) is 12.6. The van der Waals surface area contributed by atoms with E-state index in [2.05, 4.69) is 5.32 Å². The first-order valence-electron chi connectivity index (χ1n) is 8.67. The molecule has 3 heteroatoms. The quantitative estimate of drug-likeness (QED) is 0.508. The molecule has 0 aromatic carbocycles. The zero-order valence-corrected chi connectivity index (χ0v) is 13.4. The average molecular weight is 292 g/mol. The van der Waals surface area contributed by atoms with Crippen molar-refractivity contribution >= 4 is 5.91 Å². The van der Waals surface area contributed by atoms with Crippen molar-refractivity contribution < 1.29 is 4.79 Å². The van der Waals surface area contributed by atoms with E-state index in [0.29, 0.717) is 0 Å². The molecule has 0 spiro atoms. The molecule has 0 atom stereocenters. The number of allylic oxidation sites excluding steroid dienone is 2. The molecular formula is C18H32N2O. The predicted molar refractivity (Wildman–Crippen MR) is 90.0 cm³/mol. The Hall–Kier alpha value is -1.09. The molecule has 0 aromatic heterocycles. The van der Waals surface area contributed by atoms with Crippen LogP contribution in [0.25, 0.3) is 0 Å². The molecule has 0 bridgehead atoms. The number of carbonyl (C=O) groups is 1. The van der Waals surface area contributed by atoms with Gasteiger partial charge >= 0.3 is 0 Å². The Bertz CT molecular complexity index is 311. The Labute approximate surface area is 130 Å². The molecule has 0 aliphatic heterocycles. The van der Waals surface area contributed by atoms with Crippen molar-refractivity contribution in [1.29, 1.82) is 0 Å². The van der Waals surface area contributed by atoms with E-state index in [4.69, 9.17) is 5.73 Å². The fraction of sp³-hybridized carbons (Fsp3) is 0.722. The maximum atomic E-state index is 11.7. The molecule has 120 valence electrons. The van der Waals surface area contributed by atoms with Crippen molar-refractivity contribution in [1.82, 2.24) is 5.32 Å². The monoisotopic (exact) mass is 292 g/mol. The molecule has 0 fully saturated rings. The Balaban J connectivity index is 1.77. The van der Waals surface area contributed by atoms with Gasteiger partial charge in [-0.1, -0.05) is 75.7 Å². The molecule has 3 N–H and O–H groups in total. The summed E-state index contributed by atoms with van der Waals surface area (Å²) in [6, 6.07) is 0. The van der Waals surface area contributed by atoms with Gasteiger partial charge in [-0.3, -0.25) is 4.79 Å². The third-order valence-corrected chi connectivity index (χ3v) is 3.98. The molecule has 1 amide bonds. The molecule has 0 heterocycles. The summed E-state index contributed by atoms with van der Waals surface area (Å²) >= 11 is 0. The molecule has 0 saturated heterocycles. The lowest BCUT2D eigenvalue weighted by molar-refractivity contribution is -0.122. The Morgan fingerprint density at radius 1 is 0.810 bits per heavy atom. The molecular weight excluding hydrogens is 260 g/mol. The van der Waals surface area contributed by atoms with Crippen molar-refractivity contribution in [2.24, 2.45) is 11.7 Å². The molecule has 21 heavy (non-hydrogen) atoms. The first kappa shape index (κ1) is 18.0. The first-order chi connectivity index (χ1) is 10.3. The van der Waals surface area contributed by atoms with E-state index >= 15 is 0 Å². The third-order valence-electron chi connectivity index (χ3n) is 3.98. The van der Waals surface area contributed by atoms with Crippen LogP contribution in [0.4, 0.5) is 0 Å². The molecule has 1 aliphatic carbocycles. The van der Waals surface area contributed by atoms with Crippen molar-refractivity contribution in [3.05, 3.63) is 24.3 Å². The van der Waals surface area contributed by atoms with Crippen LogP contribution in [-0.2, 0) is 4.79 Å². The maximum absolute atomic E-state index is 11.7. The van der Waals surface area contributed by atoms with Gasteiger partial charge in [0, 0.05) is 6.54 Å². The molecule has 0 aromatic rings. The van der Waals surface area contributed by atoms with Crippen LogP contribution in [0.1, 0.15) is 64.2 Å². The first-order valence-corrected chi connectivity index (χ1v) is 8.67. The van der Waals surface area contributed by atoms with Gasteiger partial charge in [0.2, 0.25) is 5.91 Å². The van der Waals surface area contributed by atoms with Crippen LogP contribution in [-0.4, -0.2) is 19.0 Å². The summed E-state index contributed by atoms with van der Waals surface area (Å²) in [5.74, 6) is 0.0988. The summed E-state index contributed by atoms with van der Waals surface area (Å²) in [6.45, 7) is 1.65. The normalized spacial score (nSPS) is 14.0. The SMILES string of the molecule is NCCCCCCCCCCCCNC(=O)C1C=CC=C1. The number of nitrogens with one attached hydrogen (secondary N) is 1. The van der Waals surface area contributed by atoms with Crippen LogP contribution < -0.4 is 11.1 Å². The van der Waals surface area contributed by atoms with Crippen LogP contribution in [0.2, 0.25) is 0 Å². The summed E-state index contributed by atoms with van der Waals surface area (Å²) in [6.07, 6.45) is 20.6. The highest BCUT2D eigenvalue weighted by atomic mass is 16.1. The number of nitrogens with two attached hydrogens (primary N) is 1. The van der Waals surface area contributed by atoms with Crippen molar-refractivity contribution in [3.63, 3.8) is 0 Å². The number of unbranched alkanes of at least 4 members (excludes halogenated alkanes) is 9. The van der Waals surface area contributed by atoms with Crippen LogP contribution in [0, 0.1) is 5.92 Å². The summed E-state index contributed by atoms with van der Waals surface area (Å²) in [5.41, 5.74) is 5.47. The van der Waals surface area contributed by atoms with Crippen LogP contribution in [0.15, 0.2) is 24.3 Å². The molecule has 1 rings (SSSR count). The smallest absolute Gasteiger partial charge is 0.230 e. The maximum Gasteiger partial charge on any atom is 0.230 e. The second-order valence-electron chi connectivity index (χ2n) is 5.91. The fourth-order valence-electron chi connectivity index (χ4n) is 2.62. The summed E-state index contributed by atoms with van der Waals surface area (Å²) < 4.78 is 0. The van der Waals surface area contributed by atoms with Gasteiger partial charge in [-0.25, -0.2) is 0 Å². The van der Waals surface area contributed by atoms with Crippen LogP contribution >= 0.6 is 0 Å². The lowest BCUT2D eigenvalue weighted by Gasteiger charge is -2.07. The minimum absolute atomic E-state index is 0.0377. The standard InChI is InChI=1S/C18H32N2O/c19-15-11-7-5-3-1-2-4-6-8-12-16-20-18(21)17-13-9-10-14-17/h9-10,13-14,17H,1-8,11-12,15-16,19H2,(H,20,21). The van der Waals surface area contributed by atoms with E-state index in [-0.39, 0.29) is 11.8 Å². The van der Waals surface area contributed by atoms with E-state index < -0.39 is 0 Å². The van der Waals surface area contributed by atoms with E-state index in [1.54, 1.807) is 0 Å². The van der Waals surface area contributed by atoms with E-state index in [1.807, 2.05) is 24.3 Å². The zero-order valence-electron chi connectivity index (χ0n) is 13.4. The largest absolute Gasteiger partial charge is 0.355 e. The van der Waals surface area contributed by atoms with Gasteiger partial charge in [-0.15, -0.1) is 0 Å². The summed E-state index contributed by atoms with van der Waals surface area (Å²) in [5, 5.41) is 3.00. The van der Waals surface area contributed by atoms with E-state index in [9.17, 15) is 4.79 Å². The lowest BCUT2D eigenvalue weighted by Crippen LogP contribution is -2.29. The number of rotatable bonds is 13. The van der Waals surface area contributed by atoms with Gasteiger partial charge in [-0.05, 0) is 19.4 Å². The Kier molecular flexibility index (Phi) is 10.8. The Morgan fingerprint density at radius 3 is 1.81 bits per heavy atom. The van der Waals surface area contributed by atoms with E-state index in [1.165, 1.54) is 57.8 Å². The summed E-state index contributed by atoms with van der Waals surface area (Å²) in [4.78, 5) is 11.7. The van der Waals surface area contributed by atoms with Gasteiger partial charge in [0.15, 0.2) is 0 Å². The number of amides is 1. The summed E-state index contributed by atoms with van der Waals surface area (Å²) in [7, 11) is 0. The third kappa shape index (κ3) is 9.46. The van der Waals surface area contributed by atoms with Gasteiger partial charge in [-0.2, -0.15) is 0 Å². The van der Waals surface area contributed by atoms with Crippen LogP contribution in [0.3, 0.4) is 0 Å². The van der Waals surface area contributed by atoms with Gasteiger partial charge in [0.1, 0.15) is 0 Å². The minimum Gasteiger partial charge on any atom is -0.355 e. The number of hydrogen-bond donors (Lipinski definition) is 2.